The van der Waals surface area contributed by atoms with Crippen molar-refractivity contribution >= 4 is 21.8 Å². The highest BCUT2D eigenvalue weighted by molar-refractivity contribution is 7.92. The summed E-state index contributed by atoms with van der Waals surface area (Å²) in [5.74, 6) is 0.856. The van der Waals surface area contributed by atoms with Crippen LogP contribution in [-0.4, -0.2) is 43.3 Å². The molecule has 0 saturated carbocycles. The van der Waals surface area contributed by atoms with Gasteiger partial charge in [0.2, 0.25) is 5.91 Å². The largest absolute Gasteiger partial charge is 0.489 e. The number of benzene rings is 2. The van der Waals surface area contributed by atoms with Crippen molar-refractivity contribution < 1.29 is 17.9 Å². The zero-order valence-corrected chi connectivity index (χ0v) is 17.5. The van der Waals surface area contributed by atoms with E-state index in [0.29, 0.717) is 32.5 Å². The summed E-state index contributed by atoms with van der Waals surface area (Å²) in [5, 5.41) is -0.316. The lowest BCUT2D eigenvalue weighted by atomic mass is 10.1. The predicted molar refractivity (Wildman–Crippen MR) is 115 cm³/mol. The molecular weight excluding hydrogens is 386 g/mol. The molecule has 0 unspecified atom stereocenters. The van der Waals surface area contributed by atoms with Gasteiger partial charge in [0.25, 0.3) is 0 Å². The topological polar surface area (TPSA) is 63.7 Å². The number of nitrogens with zero attached hydrogens (tertiary/aromatic N) is 1. The third kappa shape index (κ3) is 5.94. The number of sulfone groups is 1. The summed E-state index contributed by atoms with van der Waals surface area (Å²) in [6.45, 7) is 3.16. The molecule has 0 spiro atoms. The van der Waals surface area contributed by atoms with E-state index in [1.54, 1.807) is 24.0 Å². The average Bonchev–Trinajstić information content (AvgIpc) is 2.77. The Morgan fingerprint density at radius 1 is 1.07 bits per heavy atom. The molecule has 29 heavy (non-hydrogen) atoms. The van der Waals surface area contributed by atoms with Crippen LogP contribution in [0.15, 0.2) is 60.7 Å². The zero-order valence-electron chi connectivity index (χ0n) is 16.7. The molecule has 6 heteroatoms. The van der Waals surface area contributed by atoms with Crippen molar-refractivity contribution in [1.29, 1.82) is 0 Å². The summed E-state index contributed by atoms with van der Waals surface area (Å²) in [6, 6.07) is 17.5. The minimum Gasteiger partial charge on any atom is -0.489 e. The number of carbonyl (C=O) groups is 1. The molecule has 1 aliphatic heterocycles. The first kappa shape index (κ1) is 21.1. The molecule has 1 saturated heterocycles. The van der Waals surface area contributed by atoms with Gasteiger partial charge in [0.15, 0.2) is 9.84 Å². The third-order valence-corrected chi connectivity index (χ3v) is 7.50. The fourth-order valence-electron chi connectivity index (χ4n) is 3.36. The van der Waals surface area contributed by atoms with Crippen LogP contribution in [0.2, 0.25) is 0 Å². The van der Waals surface area contributed by atoms with E-state index < -0.39 is 9.84 Å². The predicted octanol–water partition coefficient (Wildman–Crippen LogP) is 3.70. The molecule has 1 amide bonds. The number of ether oxygens (including phenoxy) is 1. The first-order valence-electron chi connectivity index (χ1n) is 9.93. The summed E-state index contributed by atoms with van der Waals surface area (Å²) in [5.41, 5.74) is 2.02. The van der Waals surface area contributed by atoms with Gasteiger partial charge >= 0.3 is 0 Å². The van der Waals surface area contributed by atoms with Crippen LogP contribution in [0.4, 0.5) is 0 Å². The Bertz CT molecular complexity index is 929. The Kier molecular flexibility index (Phi) is 7.09. The van der Waals surface area contributed by atoms with E-state index in [-0.39, 0.29) is 16.9 Å². The van der Waals surface area contributed by atoms with Gasteiger partial charge in [0.05, 0.1) is 5.25 Å². The Hall–Kier alpha value is -2.60. The van der Waals surface area contributed by atoms with Crippen molar-refractivity contribution in [3.05, 3.63) is 71.8 Å². The molecule has 0 atom stereocenters. The van der Waals surface area contributed by atoms with Crippen LogP contribution in [0.3, 0.4) is 0 Å². The van der Waals surface area contributed by atoms with Crippen LogP contribution >= 0.6 is 0 Å². The van der Waals surface area contributed by atoms with Gasteiger partial charge in [-0.25, -0.2) is 8.42 Å². The molecular formula is C23H27NO4S. The maximum absolute atomic E-state index is 12.4. The number of carbonyl (C=O) groups excluding carboxylic acids is 1. The van der Waals surface area contributed by atoms with Gasteiger partial charge in [0, 0.05) is 24.9 Å². The van der Waals surface area contributed by atoms with Crippen LogP contribution in [0.1, 0.15) is 30.9 Å². The molecule has 1 heterocycles. The van der Waals surface area contributed by atoms with Crippen LogP contribution < -0.4 is 4.74 Å². The third-order valence-electron chi connectivity index (χ3n) is 5.21. The molecule has 0 radical (unpaired) electrons. The normalized spacial score (nSPS) is 15.6. The summed E-state index contributed by atoms with van der Waals surface area (Å²) in [4.78, 5) is 14.1. The fourth-order valence-corrected chi connectivity index (χ4v) is 4.76. The molecule has 1 fully saturated rings. The van der Waals surface area contributed by atoms with E-state index in [1.165, 1.54) is 0 Å². The van der Waals surface area contributed by atoms with Crippen molar-refractivity contribution in [3.63, 3.8) is 0 Å². The van der Waals surface area contributed by atoms with Crippen molar-refractivity contribution in [1.82, 2.24) is 4.90 Å². The average molecular weight is 414 g/mol. The molecule has 3 rings (SSSR count). The van der Waals surface area contributed by atoms with Gasteiger partial charge in [-0.3, -0.25) is 4.79 Å². The standard InChI is InChI=1S/C23H27NO4S/c1-2-29(26,27)22-14-16-24(17-15-22)23(25)13-10-19-8-11-21(12-9-19)28-18-20-6-4-3-5-7-20/h3-13,22H,2,14-18H2,1H3/b13-10+. The Morgan fingerprint density at radius 2 is 1.72 bits per heavy atom. The van der Waals surface area contributed by atoms with Crippen LogP contribution in [0, 0.1) is 0 Å². The molecule has 154 valence electrons. The van der Waals surface area contributed by atoms with E-state index in [9.17, 15) is 13.2 Å². The number of hydrogen-bond donors (Lipinski definition) is 0. The highest BCUT2D eigenvalue weighted by Gasteiger charge is 2.29. The Balaban J connectivity index is 1.49. The molecule has 0 bridgehead atoms. The monoisotopic (exact) mass is 413 g/mol. The lowest BCUT2D eigenvalue weighted by Gasteiger charge is -2.30. The number of piperidine rings is 1. The highest BCUT2D eigenvalue weighted by atomic mass is 32.2. The van der Waals surface area contributed by atoms with Crippen molar-refractivity contribution in [2.24, 2.45) is 0 Å². The molecule has 2 aromatic rings. The first-order valence-corrected chi connectivity index (χ1v) is 11.6. The molecule has 2 aromatic carbocycles. The van der Waals surface area contributed by atoms with Gasteiger partial charge < -0.3 is 9.64 Å². The van der Waals surface area contributed by atoms with Crippen LogP contribution in [0.5, 0.6) is 5.75 Å². The lowest BCUT2D eigenvalue weighted by molar-refractivity contribution is -0.126. The van der Waals surface area contributed by atoms with E-state index in [4.69, 9.17) is 4.74 Å². The van der Waals surface area contributed by atoms with Gasteiger partial charge in [-0.15, -0.1) is 0 Å². The molecule has 1 aliphatic rings. The minimum absolute atomic E-state index is 0.0817. The molecule has 0 aromatic heterocycles. The van der Waals surface area contributed by atoms with Crippen molar-refractivity contribution in [2.45, 2.75) is 31.6 Å². The zero-order chi connectivity index (χ0) is 20.7. The maximum Gasteiger partial charge on any atom is 0.246 e. The van der Waals surface area contributed by atoms with Gasteiger partial charge in [-0.1, -0.05) is 49.4 Å². The smallest absolute Gasteiger partial charge is 0.246 e. The summed E-state index contributed by atoms with van der Waals surface area (Å²) >= 11 is 0. The van der Waals surface area contributed by atoms with Crippen LogP contribution in [0.25, 0.3) is 6.08 Å². The number of hydrogen-bond acceptors (Lipinski definition) is 4. The first-order chi connectivity index (χ1) is 14.0. The Labute approximate surface area is 172 Å². The summed E-state index contributed by atoms with van der Waals surface area (Å²) < 4.78 is 29.7. The number of rotatable bonds is 7. The van der Waals surface area contributed by atoms with Gasteiger partial charge in [-0.05, 0) is 42.2 Å². The molecule has 5 nitrogen and oxygen atoms in total. The second kappa shape index (κ2) is 9.74. The summed E-state index contributed by atoms with van der Waals surface area (Å²) in [6.07, 6.45) is 4.36. The quantitative estimate of drug-likeness (QED) is 0.649. The van der Waals surface area contributed by atoms with E-state index in [0.717, 1.165) is 16.9 Å². The van der Waals surface area contributed by atoms with E-state index in [2.05, 4.69) is 0 Å². The van der Waals surface area contributed by atoms with Crippen molar-refractivity contribution in [3.8, 4) is 5.75 Å². The van der Waals surface area contributed by atoms with E-state index >= 15 is 0 Å². The number of likely N-dealkylation sites (tertiary alicyclic amines) is 1. The minimum atomic E-state index is -3.02. The summed E-state index contributed by atoms with van der Waals surface area (Å²) in [7, 11) is -3.02. The van der Waals surface area contributed by atoms with E-state index in [1.807, 2.05) is 54.6 Å². The van der Waals surface area contributed by atoms with Crippen LogP contribution in [-0.2, 0) is 21.2 Å². The molecule has 0 aliphatic carbocycles. The second-order valence-electron chi connectivity index (χ2n) is 7.15. The SMILES string of the molecule is CCS(=O)(=O)C1CCN(C(=O)/C=C/c2ccc(OCc3ccccc3)cc2)CC1. The second-order valence-corrected chi connectivity index (χ2v) is 9.72. The highest BCUT2D eigenvalue weighted by Crippen LogP contribution is 2.19. The molecule has 0 N–H and O–H groups in total. The fraction of sp³-hybridized carbons (Fsp3) is 0.348. The number of amides is 1. The lowest BCUT2D eigenvalue weighted by Crippen LogP contribution is -2.42. The van der Waals surface area contributed by atoms with Crippen molar-refractivity contribution in [2.75, 3.05) is 18.8 Å². The van der Waals surface area contributed by atoms with Gasteiger partial charge in [-0.2, -0.15) is 0 Å². The Morgan fingerprint density at radius 3 is 2.34 bits per heavy atom. The maximum atomic E-state index is 12.4. The van der Waals surface area contributed by atoms with Gasteiger partial charge in [0.1, 0.15) is 12.4 Å².